The Labute approximate surface area is 163 Å². The van der Waals surface area contributed by atoms with E-state index in [1.165, 1.54) is 28.6 Å². The fraction of sp³-hybridized carbons (Fsp3) is 0.333. The van der Waals surface area contributed by atoms with Gasteiger partial charge in [-0.15, -0.1) is 0 Å². The first-order valence-electron chi connectivity index (χ1n) is 8.49. The number of ether oxygens (including phenoxy) is 1. The van der Waals surface area contributed by atoms with Gasteiger partial charge in [0.25, 0.3) is 0 Å². The molecule has 146 valence electrons. The highest BCUT2D eigenvalue weighted by Gasteiger charge is 2.30. The topological polar surface area (TPSA) is 70.7 Å². The molecule has 2 aromatic carbocycles. The van der Waals surface area contributed by atoms with Gasteiger partial charge in [0.1, 0.15) is 10.6 Å². The maximum atomic E-state index is 14.4. The molecule has 0 saturated carbocycles. The lowest BCUT2D eigenvalue weighted by Crippen LogP contribution is -2.46. The number of nitrogens with one attached hydrogen (secondary N) is 2. The van der Waals surface area contributed by atoms with Gasteiger partial charge in [-0.2, -0.15) is 4.31 Å². The molecule has 0 atom stereocenters. The van der Waals surface area contributed by atoms with Gasteiger partial charge >= 0.3 is 0 Å². The third-order valence-corrected chi connectivity index (χ3v) is 6.48. The molecule has 27 heavy (non-hydrogen) atoms. The summed E-state index contributed by atoms with van der Waals surface area (Å²) in [6.45, 7) is 3.61. The fourth-order valence-electron chi connectivity index (χ4n) is 2.86. The lowest BCUT2D eigenvalue weighted by molar-refractivity contribution is 0.357. The number of hydrogen-bond acceptors (Lipinski definition) is 5. The molecular weight excluding hydrogens is 393 g/mol. The van der Waals surface area contributed by atoms with Gasteiger partial charge in [0.2, 0.25) is 10.0 Å². The number of rotatable bonds is 5. The van der Waals surface area contributed by atoms with E-state index in [-0.39, 0.29) is 21.4 Å². The maximum absolute atomic E-state index is 14.4. The summed E-state index contributed by atoms with van der Waals surface area (Å²) in [5, 5.41) is 5.96. The van der Waals surface area contributed by atoms with Crippen molar-refractivity contribution in [3.8, 4) is 11.5 Å². The standard InChI is InChI=1S/C18H21ClFN3O3S/c1-12-9-14(19)18(20)16(10-12)26-15-4-3-13(21-2)11-17(15)27(24,25)23-7-5-22-6-8-23/h3-4,9-11,21-22H,5-8H2,1-2H3. The first kappa shape index (κ1) is 19.9. The normalized spacial score (nSPS) is 15.6. The third kappa shape index (κ3) is 4.19. The minimum Gasteiger partial charge on any atom is -0.453 e. The maximum Gasteiger partial charge on any atom is 0.246 e. The second-order valence-electron chi connectivity index (χ2n) is 6.23. The van der Waals surface area contributed by atoms with E-state index in [1.54, 1.807) is 20.0 Å². The molecule has 0 aromatic heterocycles. The summed E-state index contributed by atoms with van der Waals surface area (Å²) in [7, 11) is -2.11. The van der Waals surface area contributed by atoms with Crippen LogP contribution in [0.3, 0.4) is 0 Å². The van der Waals surface area contributed by atoms with Crippen LogP contribution in [0.15, 0.2) is 35.2 Å². The summed E-state index contributed by atoms with van der Waals surface area (Å²) < 4.78 is 47.7. The number of piperazine rings is 1. The number of halogens is 2. The van der Waals surface area contributed by atoms with Crippen LogP contribution < -0.4 is 15.4 Å². The van der Waals surface area contributed by atoms with Crippen molar-refractivity contribution in [1.29, 1.82) is 0 Å². The average molecular weight is 414 g/mol. The number of sulfonamides is 1. The Morgan fingerprint density at radius 3 is 2.56 bits per heavy atom. The smallest absolute Gasteiger partial charge is 0.246 e. The van der Waals surface area contributed by atoms with Gasteiger partial charge in [0.15, 0.2) is 11.6 Å². The number of aryl methyl sites for hydroxylation is 1. The molecule has 1 heterocycles. The molecule has 0 amide bonds. The molecule has 0 radical (unpaired) electrons. The highest BCUT2D eigenvalue weighted by Crippen LogP contribution is 2.36. The van der Waals surface area contributed by atoms with Crippen molar-refractivity contribution in [2.24, 2.45) is 0 Å². The highest BCUT2D eigenvalue weighted by molar-refractivity contribution is 7.89. The van der Waals surface area contributed by atoms with E-state index in [9.17, 15) is 12.8 Å². The summed E-state index contributed by atoms with van der Waals surface area (Å²) in [5.74, 6) is -0.799. The van der Waals surface area contributed by atoms with Gasteiger partial charge in [-0.25, -0.2) is 12.8 Å². The molecule has 1 aliphatic rings. The Morgan fingerprint density at radius 1 is 1.19 bits per heavy atom. The van der Waals surface area contributed by atoms with Crippen LogP contribution >= 0.6 is 11.6 Å². The summed E-state index contributed by atoms with van der Waals surface area (Å²) in [6, 6.07) is 7.63. The lowest BCUT2D eigenvalue weighted by Gasteiger charge is -2.27. The van der Waals surface area contributed by atoms with Gasteiger partial charge in [-0.05, 0) is 42.8 Å². The number of nitrogens with zero attached hydrogens (tertiary/aromatic N) is 1. The Bertz CT molecular complexity index is 947. The molecule has 9 heteroatoms. The molecule has 1 saturated heterocycles. The van der Waals surface area contributed by atoms with Gasteiger partial charge in [0, 0.05) is 38.9 Å². The molecule has 0 spiro atoms. The Hall–Kier alpha value is -1.87. The van der Waals surface area contributed by atoms with E-state index in [0.29, 0.717) is 37.4 Å². The molecule has 2 N–H and O–H groups in total. The highest BCUT2D eigenvalue weighted by atomic mass is 35.5. The summed E-state index contributed by atoms with van der Waals surface area (Å²) in [4.78, 5) is -0.0201. The average Bonchev–Trinajstić information content (AvgIpc) is 2.66. The molecule has 0 unspecified atom stereocenters. The fourth-order valence-corrected chi connectivity index (χ4v) is 4.71. The first-order valence-corrected chi connectivity index (χ1v) is 10.3. The zero-order chi connectivity index (χ0) is 19.6. The molecule has 3 rings (SSSR count). The number of benzene rings is 2. The monoisotopic (exact) mass is 413 g/mol. The van der Waals surface area contributed by atoms with Crippen molar-refractivity contribution in [3.63, 3.8) is 0 Å². The lowest BCUT2D eigenvalue weighted by atomic mass is 10.2. The Morgan fingerprint density at radius 2 is 1.89 bits per heavy atom. The quantitative estimate of drug-likeness (QED) is 0.787. The molecule has 1 fully saturated rings. The predicted octanol–water partition coefficient (Wildman–Crippen LogP) is 3.22. The van der Waals surface area contributed by atoms with Crippen LogP contribution in [0.25, 0.3) is 0 Å². The van der Waals surface area contributed by atoms with Gasteiger partial charge in [-0.1, -0.05) is 11.6 Å². The predicted molar refractivity (Wildman–Crippen MR) is 104 cm³/mol. The van der Waals surface area contributed by atoms with Crippen molar-refractivity contribution < 1.29 is 17.5 Å². The number of anilines is 1. The van der Waals surface area contributed by atoms with E-state index in [4.69, 9.17) is 16.3 Å². The van der Waals surface area contributed by atoms with Crippen molar-refractivity contribution in [2.45, 2.75) is 11.8 Å². The van der Waals surface area contributed by atoms with E-state index in [0.717, 1.165) is 0 Å². The molecule has 6 nitrogen and oxygen atoms in total. The first-order chi connectivity index (χ1) is 12.8. The van der Waals surface area contributed by atoms with E-state index < -0.39 is 15.8 Å². The van der Waals surface area contributed by atoms with Crippen LogP contribution in [0.2, 0.25) is 5.02 Å². The molecule has 1 aliphatic heterocycles. The van der Waals surface area contributed by atoms with Crippen LogP contribution in [-0.4, -0.2) is 45.9 Å². The zero-order valence-electron chi connectivity index (χ0n) is 15.1. The minimum atomic E-state index is -3.81. The molecule has 0 aliphatic carbocycles. The van der Waals surface area contributed by atoms with Crippen LogP contribution in [0.4, 0.5) is 10.1 Å². The Kier molecular flexibility index (Phi) is 5.90. The number of hydrogen-bond donors (Lipinski definition) is 2. The van der Waals surface area contributed by atoms with Gasteiger partial charge in [0.05, 0.1) is 5.02 Å². The molecule has 0 bridgehead atoms. The molecular formula is C18H21ClFN3O3S. The van der Waals surface area contributed by atoms with Crippen molar-refractivity contribution >= 4 is 27.3 Å². The zero-order valence-corrected chi connectivity index (χ0v) is 16.6. The van der Waals surface area contributed by atoms with Crippen molar-refractivity contribution in [2.75, 3.05) is 38.5 Å². The van der Waals surface area contributed by atoms with Crippen LogP contribution in [0.5, 0.6) is 11.5 Å². The van der Waals surface area contributed by atoms with Crippen LogP contribution in [-0.2, 0) is 10.0 Å². The van der Waals surface area contributed by atoms with E-state index in [2.05, 4.69) is 10.6 Å². The van der Waals surface area contributed by atoms with Crippen molar-refractivity contribution in [3.05, 3.63) is 46.7 Å². The Balaban J connectivity index is 2.06. The van der Waals surface area contributed by atoms with Crippen LogP contribution in [0.1, 0.15) is 5.56 Å². The summed E-state index contributed by atoms with van der Waals surface area (Å²) in [5.41, 5.74) is 1.31. The minimum absolute atomic E-state index is 0.0201. The summed E-state index contributed by atoms with van der Waals surface area (Å²) >= 11 is 5.89. The largest absolute Gasteiger partial charge is 0.453 e. The van der Waals surface area contributed by atoms with E-state index >= 15 is 0 Å². The van der Waals surface area contributed by atoms with Gasteiger partial charge in [-0.3, -0.25) is 0 Å². The van der Waals surface area contributed by atoms with Crippen molar-refractivity contribution in [1.82, 2.24) is 9.62 Å². The third-order valence-electron chi connectivity index (χ3n) is 4.29. The van der Waals surface area contributed by atoms with Gasteiger partial charge < -0.3 is 15.4 Å². The second-order valence-corrected chi connectivity index (χ2v) is 8.54. The molecule has 2 aromatic rings. The summed E-state index contributed by atoms with van der Waals surface area (Å²) in [6.07, 6.45) is 0. The van der Waals surface area contributed by atoms with Crippen LogP contribution in [0, 0.1) is 12.7 Å². The SMILES string of the molecule is CNc1ccc(Oc2cc(C)cc(Cl)c2F)c(S(=O)(=O)N2CCNCC2)c1. The second kappa shape index (κ2) is 8.02. The van der Waals surface area contributed by atoms with E-state index in [1.807, 2.05) is 0 Å².